The van der Waals surface area contributed by atoms with Gasteiger partial charge in [0.15, 0.2) is 0 Å². The largest absolute Gasteiger partial charge is 0.375 e. The van der Waals surface area contributed by atoms with Gasteiger partial charge in [0.05, 0.1) is 0 Å². The van der Waals surface area contributed by atoms with Crippen LogP contribution in [0, 0.1) is 5.92 Å². The lowest BCUT2D eigenvalue weighted by Gasteiger charge is -2.32. The number of carbonyl (C=O) groups is 2. The smallest absolute Gasteiger partial charge is 0.249 e. The summed E-state index contributed by atoms with van der Waals surface area (Å²) < 4.78 is 5.11. The highest BCUT2D eigenvalue weighted by atomic mass is 16.5. The average molecular weight is 417 g/mol. The van der Waals surface area contributed by atoms with E-state index in [1.807, 2.05) is 11.0 Å². The number of hydrogen-bond acceptors (Lipinski definition) is 5. The molecule has 0 saturated carbocycles. The third-order valence-electron chi connectivity index (χ3n) is 5.93. The van der Waals surface area contributed by atoms with E-state index in [-0.39, 0.29) is 24.5 Å². The van der Waals surface area contributed by atoms with Gasteiger partial charge in [-0.25, -0.2) is 0 Å². The van der Waals surface area contributed by atoms with E-state index in [4.69, 9.17) is 4.74 Å². The van der Waals surface area contributed by atoms with Crippen LogP contribution in [0.5, 0.6) is 0 Å². The normalized spacial score (nSPS) is 22.2. The SMILES string of the molecule is COCC(=O)N1CC(N(Cc2ccccc2)CC(C)C)CC1C(=O)N1CCNCC1. The van der Waals surface area contributed by atoms with Crippen LogP contribution in [0.15, 0.2) is 30.3 Å². The number of hydrogen-bond donors (Lipinski definition) is 1. The van der Waals surface area contributed by atoms with Gasteiger partial charge in [-0.3, -0.25) is 14.5 Å². The zero-order valence-corrected chi connectivity index (χ0v) is 18.5. The van der Waals surface area contributed by atoms with Crippen LogP contribution < -0.4 is 5.32 Å². The maximum absolute atomic E-state index is 13.3. The molecule has 2 unspecified atom stereocenters. The Kier molecular flexibility index (Phi) is 8.24. The number of piperazine rings is 1. The van der Waals surface area contributed by atoms with Crippen LogP contribution in [-0.4, -0.2) is 91.6 Å². The van der Waals surface area contributed by atoms with Gasteiger partial charge in [-0.15, -0.1) is 0 Å². The predicted molar refractivity (Wildman–Crippen MR) is 117 cm³/mol. The molecule has 1 aromatic carbocycles. The molecule has 2 heterocycles. The first-order chi connectivity index (χ1) is 14.5. The molecule has 2 amide bonds. The van der Waals surface area contributed by atoms with E-state index in [0.29, 0.717) is 32.0 Å². The molecule has 0 aliphatic carbocycles. The second kappa shape index (κ2) is 10.9. The van der Waals surface area contributed by atoms with Gasteiger partial charge in [0.25, 0.3) is 0 Å². The second-order valence-corrected chi connectivity index (χ2v) is 8.77. The molecule has 2 fully saturated rings. The fraction of sp³-hybridized carbons (Fsp3) is 0.652. The molecule has 2 atom stereocenters. The van der Waals surface area contributed by atoms with Crippen LogP contribution in [0.1, 0.15) is 25.8 Å². The minimum absolute atomic E-state index is 0.0148. The molecular formula is C23H36N4O3. The molecule has 0 bridgehead atoms. The zero-order chi connectivity index (χ0) is 21.5. The van der Waals surface area contributed by atoms with Gasteiger partial charge >= 0.3 is 0 Å². The minimum Gasteiger partial charge on any atom is -0.375 e. The molecule has 1 N–H and O–H groups in total. The molecule has 2 aliphatic heterocycles. The standard InChI is InChI=1S/C23H36N4O3/c1-18(2)14-26(15-19-7-5-4-6-8-19)20-13-21(27(16-20)22(28)17-30-3)23(29)25-11-9-24-10-12-25/h4-8,18,20-21,24H,9-17H2,1-3H3. The molecular weight excluding hydrogens is 380 g/mol. The van der Waals surface area contributed by atoms with E-state index in [9.17, 15) is 9.59 Å². The molecule has 0 spiro atoms. The van der Waals surface area contributed by atoms with Gasteiger partial charge in [-0.1, -0.05) is 44.2 Å². The molecule has 30 heavy (non-hydrogen) atoms. The van der Waals surface area contributed by atoms with Crippen LogP contribution in [0.3, 0.4) is 0 Å². The summed E-state index contributed by atoms with van der Waals surface area (Å²) in [4.78, 5) is 32.2. The summed E-state index contributed by atoms with van der Waals surface area (Å²) in [6, 6.07) is 10.2. The first-order valence-corrected chi connectivity index (χ1v) is 11.1. The number of carbonyl (C=O) groups excluding carboxylic acids is 2. The highest BCUT2D eigenvalue weighted by Gasteiger charge is 2.43. The minimum atomic E-state index is -0.402. The van der Waals surface area contributed by atoms with Gasteiger partial charge < -0.3 is 19.9 Å². The molecule has 7 heteroatoms. The van der Waals surface area contributed by atoms with Gasteiger partial charge in [-0.05, 0) is 17.9 Å². The Morgan fingerprint density at radius 1 is 1.20 bits per heavy atom. The highest BCUT2D eigenvalue weighted by molar-refractivity contribution is 5.89. The van der Waals surface area contributed by atoms with E-state index in [0.717, 1.165) is 26.2 Å². The van der Waals surface area contributed by atoms with Crippen molar-refractivity contribution in [3.05, 3.63) is 35.9 Å². The fourth-order valence-corrected chi connectivity index (χ4v) is 4.52. The Morgan fingerprint density at radius 3 is 2.53 bits per heavy atom. The summed E-state index contributed by atoms with van der Waals surface area (Å²) >= 11 is 0. The van der Waals surface area contributed by atoms with Crippen molar-refractivity contribution in [2.45, 2.75) is 38.9 Å². The summed E-state index contributed by atoms with van der Waals surface area (Å²) in [6.45, 7) is 9.78. The number of nitrogens with zero attached hydrogens (tertiary/aromatic N) is 3. The molecule has 7 nitrogen and oxygen atoms in total. The predicted octanol–water partition coefficient (Wildman–Crippen LogP) is 1.19. The molecule has 166 valence electrons. The Bertz CT molecular complexity index is 691. The van der Waals surface area contributed by atoms with Crippen molar-refractivity contribution in [3.8, 4) is 0 Å². The quantitative estimate of drug-likeness (QED) is 0.690. The monoisotopic (exact) mass is 416 g/mol. The van der Waals surface area contributed by atoms with Crippen molar-refractivity contribution in [2.24, 2.45) is 5.92 Å². The Morgan fingerprint density at radius 2 is 1.90 bits per heavy atom. The van der Waals surface area contributed by atoms with Gasteiger partial charge in [-0.2, -0.15) is 0 Å². The van der Waals surface area contributed by atoms with E-state index in [1.54, 1.807) is 4.90 Å². The molecule has 2 aliphatic rings. The van der Waals surface area contributed by atoms with E-state index in [1.165, 1.54) is 12.7 Å². The van der Waals surface area contributed by atoms with Gasteiger partial charge in [0.2, 0.25) is 11.8 Å². The van der Waals surface area contributed by atoms with Crippen molar-refractivity contribution in [3.63, 3.8) is 0 Å². The molecule has 0 aromatic heterocycles. The third-order valence-corrected chi connectivity index (χ3v) is 5.93. The summed E-state index contributed by atoms with van der Waals surface area (Å²) in [6.07, 6.45) is 0.678. The first kappa shape index (κ1) is 22.7. The molecule has 3 rings (SSSR count). The number of methoxy groups -OCH3 is 1. The lowest BCUT2D eigenvalue weighted by Crippen LogP contribution is -2.53. The average Bonchev–Trinajstić information content (AvgIpc) is 3.19. The van der Waals surface area contributed by atoms with E-state index < -0.39 is 6.04 Å². The molecule has 0 radical (unpaired) electrons. The Balaban J connectivity index is 1.78. The zero-order valence-electron chi connectivity index (χ0n) is 18.5. The lowest BCUT2D eigenvalue weighted by molar-refractivity contribution is -0.146. The third kappa shape index (κ3) is 5.80. The van der Waals surface area contributed by atoms with Crippen molar-refractivity contribution in [1.29, 1.82) is 0 Å². The highest BCUT2D eigenvalue weighted by Crippen LogP contribution is 2.26. The maximum atomic E-state index is 13.3. The fourth-order valence-electron chi connectivity index (χ4n) is 4.52. The van der Waals surface area contributed by atoms with Crippen LogP contribution in [0.25, 0.3) is 0 Å². The summed E-state index contributed by atoms with van der Waals surface area (Å²) in [7, 11) is 1.53. The number of benzene rings is 1. The Hall–Kier alpha value is -1.96. The summed E-state index contributed by atoms with van der Waals surface area (Å²) in [5.74, 6) is 0.477. The van der Waals surface area contributed by atoms with Crippen molar-refractivity contribution in [1.82, 2.24) is 20.0 Å². The van der Waals surface area contributed by atoms with Crippen molar-refractivity contribution in [2.75, 3.05) is 53.0 Å². The van der Waals surface area contributed by atoms with Gasteiger partial charge in [0, 0.05) is 59.0 Å². The Labute approximate surface area is 180 Å². The van der Waals surface area contributed by atoms with Crippen LogP contribution in [0.2, 0.25) is 0 Å². The first-order valence-electron chi connectivity index (χ1n) is 11.1. The summed E-state index contributed by atoms with van der Waals surface area (Å²) in [5, 5.41) is 3.29. The van der Waals surface area contributed by atoms with Crippen molar-refractivity contribution >= 4 is 11.8 Å². The topological polar surface area (TPSA) is 65.1 Å². The van der Waals surface area contributed by atoms with Crippen LogP contribution in [-0.2, 0) is 20.9 Å². The number of rotatable bonds is 8. The lowest BCUT2D eigenvalue weighted by atomic mass is 10.1. The second-order valence-electron chi connectivity index (χ2n) is 8.77. The maximum Gasteiger partial charge on any atom is 0.249 e. The summed E-state index contributed by atoms with van der Waals surface area (Å²) in [5.41, 5.74) is 1.25. The van der Waals surface area contributed by atoms with Gasteiger partial charge in [0.1, 0.15) is 12.6 Å². The van der Waals surface area contributed by atoms with E-state index >= 15 is 0 Å². The molecule has 1 aromatic rings. The van der Waals surface area contributed by atoms with Crippen LogP contribution in [0.4, 0.5) is 0 Å². The number of nitrogens with one attached hydrogen (secondary N) is 1. The van der Waals surface area contributed by atoms with E-state index in [2.05, 4.69) is 48.3 Å². The number of ether oxygens (including phenoxy) is 1. The number of amides is 2. The number of likely N-dealkylation sites (tertiary alicyclic amines) is 1. The van der Waals surface area contributed by atoms with Crippen LogP contribution >= 0.6 is 0 Å². The van der Waals surface area contributed by atoms with Crippen molar-refractivity contribution < 1.29 is 14.3 Å². The molecule has 2 saturated heterocycles.